The predicted molar refractivity (Wildman–Crippen MR) is 84.0 cm³/mol. The molecule has 2 aliphatic rings. The minimum Gasteiger partial charge on any atom is -0.459 e. The summed E-state index contributed by atoms with van der Waals surface area (Å²) >= 11 is 0. The van der Waals surface area contributed by atoms with Crippen molar-refractivity contribution < 1.29 is 23.5 Å². The Balaban J connectivity index is 1.48. The molecule has 1 saturated heterocycles. The van der Waals surface area contributed by atoms with Crippen LogP contribution in [-0.4, -0.2) is 36.1 Å². The second-order valence-corrected chi connectivity index (χ2v) is 5.69. The Morgan fingerprint density at radius 1 is 1.17 bits per heavy atom. The van der Waals surface area contributed by atoms with E-state index in [0.717, 1.165) is 6.42 Å². The van der Waals surface area contributed by atoms with E-state index in [1.54, 1.807) is 35.2 Å². The number of likely N-dealkylation sites (tertiary alicyclic amines) is 1. The third-order valence-electron chi connectivity index (χ3n) is 4.19. The SMILES string of the molecule is O=C(Nc1ccc2c(c1)OCO2)[C@@H]1CCCN1C(=O)c1ccco1. The fourth-order valence-corrected chi connectivity index (χ4v) is 3.02. The van der Waals surface area contributed by atoms with Crippen LogP contribution in [0.4, 0.5) is 5.69 Å². The molecule has 124 valence electrons. The number of furan rings is 1. The fraction of sp³-hybridized carbons (Fsp3) is 0.294. The van der Waals surface area contributed by atoms with Gasteiger partial charge in [0.05, 0.1) is 6.26 Å². The second-order valence-electron chi connectivity index (χ2n) is 5.69. The van der Waals surface area contributed by atoms with Crippen LogP contribution in [0.2, 0.25) is 0 Å². The number of amides is 2. The number of rotatable bonds is 3. The summed E-state index contributed by atoms with van der Waals surface area (Å²) in [6, 6.07) is 7.97. The number of nitrogens with one attached hydrogen (secondary N) is 1. The van der Waals surface area contributed by atoms with Crippen molar-refractivity contribution in [2.75, 3.05) is 18.7 Å². The number of anilines is 1. The maximum atomic E-state index is 12.6. The minimum absolute atomic E-state index is 0.181. The molecule has 2 amide bonds. The Morgan fingerprint density at radius 3 is 2.88 bits per heavy atom. The summed E-state index contributed by atoms with van der Waals surface area (Å²) in [6.45, 7) is 0.722. The molecule has 1 aromatic carbocycles. The summed E-state index contributed by atoms with van der Waals surface area (Å²) in [4.78, 5) is 26.6. The van der Waals surface area contributed by atoms with Crippen LogP contribution in [-0.2, 0) is 4.79 Å². The van der Waals surface area contributed by atoms with Gasteiger partial charge in [0.2, 0.25) is 12.7 Å². The Bertz CT molecular complexity index is 771. The first-order valence-electron chi connectivity index (χ1n) is 7.77. The van der Waals surface area contributed by atoms with Gasteiger partial charge >= 0.3 is 0 Å². The van der Waals surface area contributed by atoms with E-state index in [0.29, 0.717) is 30.2 Å². The first kappa shape index (κ1) is 14.6. The van der Waals surface area contributed by atoms with Gasteiger partial charge in [0.15, 0.2) is 17.3 Å². The Labute approximate surface area is 138 Å². The molecule has 4 rings (SSSR count). The van der Waals surface area contributed by atoms with Crippen LogP contribution in [0.25, 0.3) is 0 Å². The first-order chi connectivity index (χ1) is 11.7. The van der Waals surface area contributed by atoms with Crippen LogP contribution >= 0.6 is 0 Å². The van der Waals surface area contributed by atoms with E-state index in [2.05, 4.69) is 5.32 Å². The van der Waals surface area contributed by atoms with Crippen molar-refractivity contribution in [2.45, 2.75) is 18.9 Å². The lowest BCUT2D eigenvalue weighted by molar-refractivity contribution is -0.119. The lowest BCUT2D eigenvalue weighted by Gasteiger charge is -2.23. The van der Waals surface area contributed by atoms with Gasteiger partial charge in [0.25, 0.3) is 5.91 Å². The van der Waals surface area contributed by atoms with Crippen molar-refractivity contribution in [3.63, 3.8) is 0 Å². The highest BCUT2D eigenvalue weighted by Crippen LogP contribution is 2.34. The van der Waals surface area contributed by atoms with Crippen LogP contribution in [0.5, 0.6) is 11.5 Å². The summed E-state index contributed by atoms with van der Waals surface area (Å²) in [7, 11) is 0. The summed E-state index contributed by atoms with van der Waals surface area (Å²) < 4.78 is 15.7. The normalized spacial score (nSPS) is 18.7. The van der Waals surface area contributed by atoms with E-state index >= 15 is 0 Å². The van der Waals surface area contributed by atoms with Crippen molar-refractivity contribution in [3.8, 4) is 11.5 Å². The summed E-state index contributed by atoms with van der Waals surface area (Å²) in [5, 5.41) is 2.84. The molecular formula is C17H16N2O5. The molecule has 24 heavy (non-hydrogen) atoms. The highest BCUT2D eigenvalue weighted by Gasteiger charge is 2.35. The summed E-state index contributed by atoms with van der Waals surface area (Å²) in [6.07, 6.45) is 2.86. The lowest BCUT2D eigenvalue weighted by atomic mass is 10.2. The number of hydrogen-bond acceptors (Lipinski definition) is 5. The van der Waals surface area contributed by atoms with Crippen molar-refractivity contribution >= 4 is 17.5 Å². The Hall–Kier alpha value is -2.96. The highest BCUT2D eigenvalue weighted by atomic mass is 16.7. The zero-order valence-corrected chi connectivity index (χ0v) is 12.9. The molecule has 7 heteroatoms. The molecule has 0 radical (unpaired) electrons. The molecule has 1 atom stereocenters. The smallest absolute Gasteiger partial charge is 0.290 e. The Morgan fingerprint density at radius 2 is 2.04 bits per heavy atom. The molecule has 0 saturated carbocycles. The molecule has 0 unspecified atom stereocenters. The molecule has 2 aliphatic heterocycles. The van der Waals surface area contributed by atoms with E-state index in [4.69, 9.17) is 13.9 Å². The zero-order chi connectivity index (χ0) is 16.5. The number of ether oxygens (including phenoxy) is 2. The molecule has 1 fully saturated rings. The fourth-order valence-electron chi connectivity index (χ4n) is 3.02. The number of carbonyl (C=O) groups excluding carboxylic acids is 2. The topological polar surface area (TPSA) is 81.0 Å². The molecule has 0 bridgehead atoms. The maximum Gasteiger partial charge on any atom is 0.290 e. The quantitative estimate of drug-likeness (QED) is 0.934. The lowest BCUT2D eigenvalue weighted by Crippen LogP contribution is -2.43. The van der Waals surface area contributed by atoms with Gasteiger partial charge in [-0.05, 0) is 37.1 Å². The number of fused-ring (bicyclic) bond motifs is 1. The summed E-state index contributed by atoms with van der Waals surface area (Å²) in [5.41, 5.74) is 0.613. The molecule has 1 aromatic heterocycles. The Kier molecular flexibility index (Phi) is 3.60. The maximum absolute atomic E-state index is 12.6. The molecular weight excluding hydrogens is 312 g/mol. The van der Waals surface area contributed by atoms with E-state index in [1.807, 2.05) is 0 Å². The van der Waals surface area contributed by atoms with E-state index in [1.165, 1.54) is 6.26 Å². The van der Waals surface area contributed by atoms with Gasteiger partial charge in [-0.2, -0.15) is 0 Å². The van der Waals surface area contributed by atoms with Gasteiger partial charge in [-0.1, -0.05) is 0 Å². The van der Waals surface area contributed by atoms with Crippen LogP contribution in [0.1, 0.15) is 23.4 Å². The predicted octanol–water partition coefficient (Wildman–Crippen LogP) is 2.25. The van der Waals surface area contributed by atoms with Crippen molar-refractivity contribution in [1.82, 2.24) is 4.90 Å². The number of hydrogen-bond donors (Lipinski definition) is 1. The number of benzene rings is 1. The van der Waals surface area contributed by atoms with Gasteiger partial charge in [-0.15, -0.1) is 0 Å². The average molecular weight is 328 g/mol. The third-order valence-corrected chi connectivity index (χ3v) is 4.19. The molecule has 3 heterocycles. The number of carbonyl (C=O) groups is 2. The standard InChI is InChI=1S/C17H16N2O5/c20-16(18-11-5-6-13-15(9-11)24-10-23-13)12-3-1-7-19(12)17(21)14-4-2-8-22-14/h2,4-6,8-9,12H,1,3,7,10H2,(H,18,20)/t12-/m0/s1. The van der Waals surface area contributed by atoms with Crippen LogP contribution < -0.4 is 14.8 Å². The van der Waals surface area contributed by atoms with E-state index in [9.17, 15) is 9.59 Å². The van der Waals surface area contributed by atoms with Gasteiger partial charge in [0.1, 0.15) is 6.04 Å². The van der Waals surface area contributed by atoms with Crippen LogP contribution in [0, 0.1) is 0 Å². The van der Waals surface area contributed by atoms with Gasteiger partial charge in [-0.3, -0.25) is 9.59 Å². The molecule has 2 aromatic rings. The van der Waals surface area contributed by atoms with Gasteiger partial charge in [-0.25, -0.2) is 0 Å². The van der Waals surface area contributed by atoms with Crippen LogP contribution in [0.15, 0.2) is 41.0 Å². The molecule has 0 spiro atoms. The molecule has 0 aliphatic carbocycles. The largest absolute Gasteiger partial charge is 0.459 e. The molecule has 1 N–H and O–H groups in total. The second kappa shape index (κ2) is 5.92. The minimum atomic E-state index is -0.506. The van der Waals surface area contributed by atoms with Crippen molar-refractivity contribution in [3.05, 3.63) is 42.4 Å². The van der Waals surface area contributed by atoms with E-state index in [-0.39, 0.29) is 24.4 Å². The van der Waals surface area contributed by atoms with Gasteiger partial charge in [0, 0.05) is 18.3 Å². The first-order valence-corrected chi connectivity index (χ1v) is 7.77. The highest BCUT2D eigenvalue weighted by molar-refractivity contribution is 6.00. The third kappa shape index (κ3) is 2.58. The van der Waals surface area contributed by atoms with Crippen molar-refractivity contribution in [1.29, 1.82) is 0 Å². The number of nitrogens with zero attached hydrogens (tertiary/aromatic N) is 1. The average Bonchev–Trinajstić information content (AvgIpc) is 3.33. The van der Waals surface area contributed by atoms with Crippen molar-refractivity contribution in [2.24, 2.45) is 0 Å². The van der Waals surface area contributed by atoms with Crippen LogP contribution in [0.3, 0.4) is 0 Å². The zero-order valence-electron chi connectivity index (χ0n) is 12.9. The summed E-state index contributed by atoms with van der Waals surface area (Å²) in [5.74, 6) is 1.03. The van der Waals surface area contributed by atoms with E-state index < -0.39 is 6.04 Å². The monoisotopic (exact) mass is 328 g/mol. The molecule has 7 nitrogen and oxygen atoms in total. The van der Waals surface area contributed by atoms with Gasteiger partial charge < -0.3 is 24.1 Å².